The average molecular weight is 444 g/mol. The van der Waals surface area contributed by atoms with Crippen LogP contribution in [0.2, 0.25) is 5.15 Å². The summed E-state index contributed by atoms with van der Waals surface area (Å²) in [5.41, 5.74) is 2.69. The Morgan fingerprint density at radius 2 is 1.83 bits per heavy atom. The van der Waals surface area contributed by atoms with E-state index in [2.05, 4.69) is 5.10 Å². The van der Waals surface area contributed by atoms with Gasteiger partial charge in [-0.2, -0.15) is 5.10 Å². The minimum Gasteiger partial charge on any atom is -0.289 e. The zero-order valence-corrected chi connectivity index (χ0v) is 18.5. The number of allylic oxidation sites excluding steroid dienone is 1. The fourth-order valence-corrected chi connectivity index (χ4v) is 4.14. The number of hydrogen-bond donors (Lipinski definition) is 0. The lowest BCUT2D eigenvalue weighted by Crippen LogP contribution is -2.22. The van der Waals surface area contributed by atoms with E-state index in [-0.39, 0.29) is 16.2 Å². The zero-order valence-electron chi connectivity index (χ0n) is 16.9. The second-order valence-corrected chi connectivity index (χ2v) is 9.46. The molecule has 2 aromatic carbocycles. The van der Waals surface area contributed by atoms with Crippen LogP contribution in [0.15, 0.2) is 65.6 Å². The van der Waals surface area contributed by atoms with Crippen LogP contribution in [0.5, 0.6) is 0 Å². The van der Waals surface area contributed by atoms with Gasteiger partial charge in [0.2, 0.25) is 10.0 Å². The molecule has 156 valence electrons. The van der Waals surface area contributed by atoms with Gasteiger partial charge in [0.15, 0.2) is 5.78 Å². The van der Waals surface area contributed by atoms with E-state index in [4.69, 9.17) is 11.6 Å². The predicted molar refractivity (Wildman–Crippen MR) is 118 cm³/mol. The maximum absolute atomic E-state index is 12.6. The van der Waals surface area contributed by atoms with Crippen LogP contribution >= 0.6 is 11.6 Å². The highest BCUT2D eigenvalue weighted by atomic mass is 35.5. The summed E-state index contributed by atoms with van der Waals surface area (Å²) in [6.07, 6.45) is 2.99. The third-order valence-electron chi connectivity index (χ3n) is 4.58. The molecule has 30 heavy (non-hydrogen) atoms. The number of aromatic nitrogens is 2. The Bertz CT molecular complexity index is 1200. The Labute approximate surface area is 181 Å². The van der Waals surface area contributed by atoms with Crippen LogP contribution in [-0.2, 0) is 16.6 Å². The lowest BCUT2D eigenvalue weighted by atomic mass is 10.1. The Hall–Kier alpha value is -2.74. The molecule has 0 amide bonds. The minimum absolute atomic E-state index is 0.0663. The minimum atomic E-state index is -3.62. The third kappa shape index (κ3) is 4.70. The van der Waals surface area contributed by atoms with Crippen LogP contribution in [0.3, 0.4) is 0 Å². The van der Waals surface area contributed by atoms with Crippen molar-refractivity contribution in [3.63, 3.8) is 0 Å². The Morgan fingerprint density at radius 1 is 1.13 bits per heavy atom. The molecule has 1 aromatic heterocycles. The summed E-state index contributed by atoms with van der Waals surface area (Å²) >= 11 is 6.48. The van der Waals surface area contributed by atoms with Gasteiger partial charge in [-0.05, 0) is 36.8 Å². The van der Waals surface area contributed by atoms with Crippen LogP contribution in [-0.4, -0.2) is 42.4 Å². The molecule has 0 spiro atoms. The number of hydrogen-bond acceptors (Lipinski definition) is 4. The highest BCUT2D eigenvalue weighted by Crippen LogP contribution is 2.23. The number of rotatable bonds is 7. The van der Waals surface area contributed by atoms with Gasteiger partial charge in [0.05, 0.1) is 17.1 Å². The summed E-state index contributed by atoms with van der Waals surface area (Å²) < 4.78 is 27.4. The Balaban J connectivity index is 1.84. The lowest BCUT2D eigenvalue weighted by molar-refractivity contribution is 0.104. The molecule has 0 unspecified atom stereocenters. The SMILES string of the molecule is Cc1nn(Cc2ccccc2)c(Cl)c1/C=C/C(=O)c1cccc(S(=O)(=O)N(C)C)c1. The van der Waals surface area contributed by atoms with Gasteiger partial charge in [0.1, 0.15) is 5.15 Å². The molecular weight excluding hydrogens is 422 g/mol. The molecule has 0 saturated heterocycles. The summed E-state index contributed by atoms with van der Waals surface area (Å²) in [5.74, 6) is -0.322. The second-order valence-electron chi connectivity index (χ2n) is 6.95. The molecule has 0 radical (unpaired) electrons. The Morgan fingerprint density at radius 3 is 2.50 bits per heavy atom. The first-order chi connectivity index (χ1) is 14.2. The van der Waals surface area contributed by atoms with Gasteiger partial charge < -0.3 is 0 Å². The van der Waals surface area contributed by atoms with E-state index < -0.39 is 10.0 Å². The first-order valence-corrected chi connectivity index (χ1v) is 11.0. The van der Waals surface area contributed by atoms with E-state index in [1.807, 2.05) is 37.3 Å². The third-order valence-corrected chi connectivity index (χ3v) is 6.79. The first-order valence-electron chi connectivity index (χ1n) is 9.22. The number of carbonyl (C=O) groups excluding carboxylic acids is 1. The van der Waals surface area contributed by atoms with Crippen molar-refractivity contribution in [2.24, 2.45) is 0 Å². The topological polar surface area (TPSA) is 72.3 Å². The molecule has 0 aliphatic carbocycles. The highest BCUT2D eigenvalue weighted by molar-refractivity contribution is 7.89. The maximum Gasteiger partial charge on any atom is 0.242 e. The monoisotopic (exact) mass is 443 g/mol. The maximum atomic E-state index is 12.6. The van der Waals surface area contributed by atoms with E-state index in [0.717, 1.165) is 9.87 Å². The average Bonchev–Trinajstić information content (AvgIpc) is 2.99. The van der Waals surface area contributed by atoms with Gasteiger partial charge in [-0.25, -0.2) is 17.4 Å². The number of benzene rings is 2. The zero-order chi connectivity index (χ0) is 21.9. The van der Waals surface area contributed by atoms with Gasteiger partial charge in [0, 0.05) is 25.2 Å². The molecule has 1 heterocycles. The molecule has 3 aromatic rings. The highest BCUT2D eigenvalue weighted by Gasteiger charge is 2.18. The van der Waals surface area contributed by atoms with Crippen molar-refractivity contribution < 1.29 is 13.2 Å². The first kappa shape index (κ1) is 22.0. The Kier molecular flexibility index (Phi) is 6.55. The molecule has 0 atom stereocenters. The molecule has 3 rings (SSSR count). The van der Waals surface area contributed by atoms with Gasteiger partial charge in [-0.15, -0.1) is 0 Å². The number of nitrogens with zero attached hydrogens (tertiary/aromatic N) is 3. The van der Waals surface area contributed by atoms with Crippen molar-refractivity contribution in [2.45, 2.75) is 18.4 Å². The van der Waals surface area contributed by atoms with Crippen LogP contribution < -0.4 is 0 Å². The summed E-state index contributed by atoms with van der Waals surface area (Å²) in [4.78, 5) is 12.7. The van der Waals surface area contributed by atoms with Crippen molar-refractivity contribution in [1.82, 2.24) is 14.1 Å². The fourth-order valence-electron chi connectivity index (χ4n) is 2.89. The molecular formula is C22H22ClN3O3S. The number of carbonyl (C=O) groups is 1. The fraction of sp³-hybridized carbons (Fsp3) is 0.182. The van der Waals surface area contributed by atoms with E-state index in [0.29, 0.717) is 23.0 Å². The quantitative estimate of drug-likeness (QED) is 0.408. The standard InChI is InChI=1S/C22H22ClN3O3S/c1-16-20(22(23)26(24-16)15-17-8-5-4-6-9-17)12-13-21(27)18-10-7-11-19(14-18)30(28,29)25(2)3/h4-14H,15H2,1-3H3/b13-12+. The van der Waals surface area contributed by atoms with Crippen molar-refractivity contribution in [3.05, 3.63) is 88.2 Å². The second kappa shape index (κ2) is 8.95. The molecule has 8 heteroatoms. The molecule has 0 saturated carbocycles. The van der Waals surface area contributed by atoms with Gasteiger partial charge >= 0.3 is 0 Å². The van der Waals surface area contributed by atoms with Crippen molar-refractivity contribution in [2.75, 3.05) is 14.1 Å². The lowest BCUT2D eigenvalue weighted by Gasteiger charge is -2.11. The summed E-state index contributed by atoms with van der Waals surface area (Å²) in [6, 6.07) is 15.8. The van der Waals surface area contributed by atoms with E-state index in [1.165, 1.54) is 32.3 Å². The molecule has 0 fully saturated rings. The van der Waals surface area contributed by atoms with Crippen molar-refractivity contribution >= 4 is 33.5 Å². The van der Waals surface area contributed by atoms with E-state index in [1.54, 1.807) is 22.9 Å². The van der Waals surface area contributed by atoms with E-state index in [9.17, 15) is 13.2 Å². The predicted octanol–water partition coefficient (Wildman–Crippen LogP) is 4.04. The van der Waals surface area contributed by atoms with Crippen LogP contribution in [0.4, 0.5) is 0 Å². The smallest absolute Gasteiger partial charge is 0.242 e. The number of sulfonamides is 1. The summed E-state index contributed by atoms with van der Waals surface area (Å²) in [6.45, 7) is 2.34. The van der Waals surface area contributed by atoms with Gasteiger partial charge in [-0.3, -0.25) is 4.79 Å². The largest absolute Gasteiger partial charge is 0.289 e. The normalized spacial score (nSPS) is 12.0. The van der Waals surface area contributed by atoms with Crippen LogP contribution in [0.1, 0.15) is 27.2 Å². The number of aryl methyl sites for hydroxylation is 1. The van der Waals surface area contributed by atoms with Crippen molar-refractivity contribution in [1.29, 1.82) is 0 Å². The summed E-state index contributed by atoms with van der Waals surface area (Å²) in [5, 5.41) is 4.89. The number of halogens is 1. The molecule has 0 N–H and O–H groups in total. The number of ketones is 1. The molecule has 0 aliphatic heterocycles. The van der Waals surface area contributed by atoms with E-state index >= 15 is 0 Å². The van der Waals surface area contributed by atoms with Crippen LogP contribution in [0.25, 0.3) is 6.08 Å². The molecule has 6 nitrogen and oxygen atoms in total. The molecule has 0 bridgehead atoms. The van der Waals surface area contributed by atoms with Crippen molar-refractivity contribution in [3.8, 4) is 0 Å². The van der Waals surface area contributed by atoms with Crippen LogP contribution in [0, 0.1) is 6.92 Å². The van der Waals surface area contributed by atoms with Gasteiger partial charge in [-0.1, -0.05) is 54.1 Å². The molecule has 0 aliphatic rings. The summed E-state index contributed by atoms with van der Waals surface area (Å²) in [7, 11) is -0.725. The van der Waals surface area contributed by atoms with Gasteiger partial charge in [0.25, 0.3) is 0 Å².